The number of likely N-dealkylation sites (tertiary alicyclic amines) is 2. The van der Waals surface area contributed by atoms with Gasteiger partial charge in [-0.2, -0.15) is 0 Å². The van der Waals surface area contributed by atoms with Gasteiger partial charge in [-0.25, -0.2) is 0 Å². The molecule has 1 aromatic carbocycles. The van der Waals surface area contributed by atoms with Crippen molar-refractivity contribution in [1.29, 1.82) is 0 Å². The van der Waals surface area contributed by atoms with Crippen molar-refractivity contribution in [2.45, 2.75) is 31.3 Å². The highest BCUT2D eigenvalue weighted by Gasteiger charge is 2.32. The van der Waals surface area contributed by atoms with E-state index in [4.69, 9.17) is 28.9 Å². The van der Waals surface area contributed by atoms with Gasteiger partial charge in [-0.1, -0.05) is 29.3 Å². The highest BCUT2D eigenvalue weighted by Crippen LogP contribution is 2.31. The molecule has 0 aliphatic carbocycles. The molecule has 2 fully saturated rings. The van der Waals surface area contributed by atoms with Gasteiger partial charge in [-0.15, -0.1) is 0 Å². The summed E-state index contributed by atoms with van der Waals surface area (Å²) in [6, 6.07) is 6.83. The molecule has 2 aliphatic rings. The second-order valence-corrected chi connectivity index (χ2v) is 6.92. The Bertz CT molecular complexity index is 488. The van der Waals surface area contributed by atoms with Crippen LogP contribution in [0.4, 0.5) is 0 Å². The fraction of sp³-hybridized carbons (Fsp3) is 0.625. The minimum Gasteiger partial charge on any atom is -0.329 e. The molecule has 2 saturated heterocycles. The van der Waals surface area contributed by atoms with Gasteiger partial charge in [-0.3, -0.25) is 9.80 Å². The van der Waals surface area contributed by atoms with Gasteiger partial charge >= 0.3 is 0 Å². The van der Waals surface area contributed by atoms with Crippen molar-refractivity contribution in [2.75, 3.05) is 32.7 Å². The molecule has 5 heteroatoms. The summed E-state index contributed by atoms with van der Waals surface area (Å²) in [6.45, 7) is 5.37. The SMILES string of the molecule is NCC(c1ccc(Cl)c(Cl)c1)N1CCC(N2CCCC2)C1. The summed E-state index contributed by atoms with van der Waals surface area (Å²) in [6.07, 6.45) is 3.95. The summed E-state index contributed by atoms with van der Waals surface area (Å²) in [5, 5.41) is 1.22. The number of rotatable bonds is 4. The van der Waals surface area contributed by atoms with Crippen molar-refractivity contribution in [3.05, 3.63) is 33.8 Å². The Morgan fingerprint density at radius 2 is 1.90 bits per heavy atom. The molecule has 3 nitrogen and oxygen atoms in total. The fourth-order valence-corrected chi connectivity index (χ4v) is 3.98. The predicted molar refractivity (Wildman–Crippen MR) is 89.0 cm³/mol. The Morgan fingerprint density at radius 3 is 2.57 bits per heavy atom. The van der Waals surface area contributed by atoms with Crippen LogP contribution in [0.5, 0.6) is 0 Å². The zero-order chi connectivity index (χ0) is 14.8. The summed E-state index contributed by atoms with van der Waals surface area (Å²) < 4.78 is 0. The van der Waals surface area contributed by atoms with Crippen molar-refractivity contribution in [2.24, 2.45) is 5.73 Å². The zero-order valence-corrected chi connectivity index (χ0v) is 13.8. The first-order valence-corrected chi connectivity index (χ1v) is 8.57. The smallest absolute Gasteiger partial charge is 0.0595 e. The number of hydrogen-bond acceptors (Lipinski definition) is 3. The standard InChI is InChI=1S/C16H23Cl2N3/c17-14-4-3-12(9-15(14)18)16(10-19)21-8-5-13(11-21)20-6-1-2-7-20/h3-4,9,13,16H,1-2,5-8,10-11,19H2. The van der Waals surface area contributed by atoms with Gasteiger partial charge in [0.15, 0.2) is 0 Å². The molecule has 1 aromatic rings. The van der Waals surface area contributed by atoms with Crippen molar-refractivity contribution in [3.63, 3.8) is 0 Å². The lowest BCUT2D eigenvalue weighted by molar-refractivity contribution is 0.203. The van der Waals surface area contributed by atoms with Gasteiger partial charge in [0.25, 0.3) is 0 Å². The molecule has 3 rings (SSSR count). The molecule has 0 spiro atoms. The summed E-state index contributed by atoms with van der Waals surface area (Å²) in [7, 11) is 0. The van der Waals surface area contributed by atoms with E-state index >= 15 is 0 Å². The number of benzene rings is 1. The maximum absolute atomic E-state index is 6.15. The van der Waals surface area contributed by atoms with Crippen molar-refractivity contribution < 1.29 is 0 Å². The minimum absolute atomic E-state index is 0.243. The number of hydrogen-bond donors (Lipinski definition) is 1. The Kier molecular flexibility index (Phi) is 5.07. The second-order valence-electron chi connectivity index (χ2n) is 6.11. The number of halogens is 2. The van der Waals surface area contributed by atoms with Crippen LogP contribution in [0.1, 0.15) is 30.9 Å². The van der Waals surface area contributed by atoms with Gasteiger partial charge in [-0.05, 0) is 50.0 Å². The van der Waals surface area contributed by atoms with Crippen LogP contribution in [-0.4, -0.2) is 48.6 Å². The average molecular weight is 328 g/mol. The molecule has 0 radical (unpaired) electrons. The van der Waals surface area contributed by atoms with E-state index in [1.807, 2.05) is 12.1 Å². The third-order valence-electron chi connectivity index (χ3n) is 4.84. The monoisotopic (exact) mass is 327 g/mol. The molecule has 2 N–H and O–H groups in total. The molecular formula is C16H23Cl2N3. The molecule has 116 valence electrons. The summed E-state index contributed by atoms with van der Waals surface area (Å²) in [4.78, 5) is 5.14. The van der Waals surface area contributed by atoms with E-state index in [0.29, 0.717) is 22.6 Å². The van der Waals surface area contributed by atoms with E-state index in [1.54, 1.807) is 0 Å². The predicted octanol–water partition coefficient (Wildman–Crippen LogP) is 3.16. The van der Waals surface area contributed by atoms with E-state index in [0.717, 1.165) is 13.1 Å². The Balaban J connectivity index is 1.70. The van der Waals surface area contributed by atoms with Crippen molar-refractivity contribution in [3.8, 4) is 0 Å². The van der Waals surface area contributed by atoms with Gasteiger partial charge < -0.3 is 5.73 Å². The molecular weight excluding hydrogens is 305 g/mol. The molecule has 2 aliphatic heterocycles. The van der Waals surface area contributed by atoms with Crippen LogP contribution in [-0.2, 0) is 0 Å². The van der Waals surface area contributed by atoms with Crippen LogP contribution in [0.2, 0.25) is 10.0 Å². The topological polar surface area (TPSA) is 32.5 Å². The van der Waals surface area contributed by atoms with Crippen LogP contribution < -0.4 is 5.73 Å². The van der Waals surface area contributed by atoms with E-state index in [2.05, 4.69) is 15.9 Å². The van der Waals surface area contributed by atoms with Gasteiger partial charge in [0, 0.05) is 31.7 Å². The van der Waals surface area contributed by atoms with Crippen LogP contribution in [0.25, 0.3) is 0 Å². The molecule has 2 atom stereocenters. The van der Waals surface area contributed by atoms with Gasteiger partial charge in [0.1, 0.15) is 0 Å². The quantitative estimate of drug-likeness (QED) is 0.921. The highest BCUT2D eigenvalue weighted by molar-refractivity contribution is 6.42. The number of nitrogens with two attached hydrogens (primary N) is 1. The van der Waals surface area contributed by atoms with Crippen LogP contribution in [0.3, 0.4) is 0 Å². The molecule has 21 heavy (non-hydrogen) atoms. The van der Waals surface area contributed by atoms with Crippen LogP contribution in [0.15, 0.2) is 18.2 Å². The minimum atomic E-state index is 0.243. The zero-order valence-electron chi connectivity index (χ0n) is 12.3. The normalized spacial score (nSPS) is 25.6. The summed E-state index contributed by atoms with van der Waals surface area (Å²) >= 11 is 12.2. The lowest BCUT2D eigenvalue weighted by atomic mass is 10.1. The first kappa shape index (κ1) is 15.6. The summed E-state index contributed by atoms with van der Waals surface area (Å²) in [5.74, 6) is 0. The Hall–Kier alpha value is -0.320. The third-order valence-corrected chi connectivity index (χ3v) is 5.58. The van der Waals surface area contributed by atoms with E-state index in [9.17, 15) is 0 Å². The maximum Gasteiger partial charge on any atom is 0.0595 e. The molecule has 0 aromatic heterocycles. The van der Waals surface area contributed by atoms with Crippen LogP contribution in [0, 0.1) is 0 Å². The van der Waals surface area contributed by atoms with Gasteiger partial charge in [0.05, 0.1) is 10.0 Å². The lowest BCUT2D eigenvalue weighted by Crippen LogP contribution is -2.38. The lowest BCUT2D eigenvalue weighted by Gasteiger charge is -2.29. The highest BCUT2D eigenvalue weighted by atomic mass is 35.5. The van der Waals surface area contributed by atoms with Crippen molar-refractivity contribution in [1.82, 2.24) is 9.80 Å². The first-order chi connectivity index (χ1) is 10.2. The second kappa shape index (κ2) is 6.84. The first-order valence-electron chi connectivity index (χ1n) is 7.82. The van der Waals surface area contributed by atoms with E-state index in [-0.39, 0.29) is 6.04 Å². The van der Waals surface area contributed by atoms with Crippen LogP contribution >= 0.6 is 23.2 Å². The molecule has 0 bridgehead atoms. The van der Waals surface area contributed by atoms with E-state index < -0.39 is 0 Å². The Morgan fingerprint density at radius 1 is 1.14 bits per heavy atom. The third kappa shape index (κ3) is 3.38. The molecule has 2 unspecified atom stereocenters. The summed E-state index contributed by atoms with van der Waals surface area (Å²) in [5.41, 5.74) is 7.22. The molecule has 2 heterocycles. The molecule has 0 amide bonds. The molecule has 0 saturated carbocycles. The maximum atomic E-state index is 6.15. The van der Waals surface area contributed by atoms with Crippen molar-refractivity contribution >= 4 is 23.2 Å². The number of nitrogens with zero attached hydrogens (tertiary/aromatic N) is 2. The van der Waals surface area contributed by atoms with Gasteiger partial charge in [0.2, 0.25) is 0 Å². The Labute approximate surface area is 137 Å². The largest absolute Gasteiger partial charge is 0.329 e. The fourth-order valence-electron chi connectivity index (χ4n) is 3.67. The van der Waals surface area contributed by atoms with E-state index in [1.165, 1.54) is 37.9 Å². The average Bonchev–Trinajstić information content (AvgIpc) is 3.14.